The number of anilines is 2. The summed E-state index contributed by atoms with van der Waals surface area (Å²) in [6.45, 7) is 2.98. The number of carbonyl (C=O) groups is 4. The van der Waals surface area contributed by atoms with Gasteiger partial charge >= 0.3 is 11.8 Å². The van der Waals surface area contributed by atoms with Crippen LogP contribution in [0.3, 0.4) is 0 Å². The number of pyridine rings is 1. The number of aromatic nitrogens is 1. The van der Waals surface area contributed by atoms with Crippen molar-refractivity contribution >= 4 is 35.0 Å². The van der Waals surface area contributed by atoms with E-state index in [1.165, 1.54) is 6.92 Å². The van der Waals surface area contributed by atoms with Gasteiger partial charge < -0.3 is 20.9 Å². The highest BCUT2D eigenvalue weighted by atomic mass is 16.2. The molecule has 0 bridgehead atoms. The Balaban J connectivity index is 1.40. The summed E-state index contributed by atoms with van der Waals surface area (Å²) in [6, 6.07) is 9.95. The van der Waals surface area contributed by atoms with Crippen molar-refractivity contribution in [2.45, 2.75) is 19.8 Å². The Morgan fingerprint density at radius 3 is 2.19 bits per heavy atom. The molecule has 162 valence electrons. The van der Waals surface area contributed by atoms with Crippen LogP contribution in [0.4, 0.5) is 11.4 Å². The van der Waals surface area contributed by atoms with E-state index in [9.17, 15) is 19.2 Å². The van der Waals surface area contributed by atoms with Crippen LogP contribution in [-0.2, 0) is 14.4 Å². The number of amides is 4. The number of piperidine rings is 1. The van der Waals surface area contributed by atoms with Gasteiger partial charge in [0.2, 0.25) is 5.91 Å². The van der Waals surface area contributed by atoms with E-state index in [0.29, 0.717) is 36.6 Å². The van der Waals surface area contributed by atoms with Crippen LogP contribution in [0.2, 0.25) is 0 Å². The molecule has 31 heavy (non-hydrogen) atoms. The minimum absolute atomic E-state index is 0.0421. The zero-order valence-electron chi connectivity index (χ0n) is 17.3. The number of hydrogen-bond donors (Lipinski definition) is 3. The van der Waals surface area contributed by atoms with Gasteiger partial charge in [0.15, 0.2) is 0 Å². The molecule has 0 saturated carbocycles. The topological polar surface area (TPSA) is 121 Å². The monoisotopic (exact) mass is 423 g/mol. The summed E-state index contributed by atoms with van der Waals surface area (Å²) in [5, 5.41) is 7.82. The quantitative estimate of drug-likeness (QED) is 0.632. The van der Waals surface area contributed by atoms with Gasteiger partial charge in [-0.2, -0.15) is 0 Å². The normalized spacial score (nSPS) is 13.9. The average Bonchev–Trinajstić information content (AvgIpc) is 2.79. The Morgan fingerprint density at radius 2 is 1.61 bits per heavy atom. The molecule has 3 N–H and O–H groups in total. The van der Waals surface area contributed by atoms with E-state index in [1.54, 1.807) is 53.7 Å². The summed E-state index contributed by atoms with van der Waals surface area (Å²) in [5.74, 6) is -1.49. The maximum Gasteiger partial charge on any atom is 0.313 e. The van der Waals surface area contributed by atoms with E-state index in [-0.39, 0.29) is 17.7 Å². The molecule has 2 heterocycles. The molecule has 1 aromatic heterocycles. The minimum Gasteiger partial charge on any atom is -0.348 e. The SMILES string of the molecule is CC(=O)Nc1ccc(NC(=O)C(=O)NCC2CCN(C(=O)c3cccnc3)CC2)cc1. The summed E-state index contributed by atoms with van der Waals surface area (Å²) < 4.78 is 0. The second kappa shape index (κ2) is 10.3. The largest absolute Gasteiger partial charge is 0.348 e. The number of benzene rings is 1. The highest BCUT2D eigenvalue weighted by Gasteiger charge is 2.24. The zero-order chi connectivity index (χ0) is 22.2. The Kier molecular flexibility index (Phi) is 7.31. The highest BCUT2D eigenvalue weighted by molar-refractivity contribution is 6.39. The number of hydrogen-bond acceptors (Lipinski definition) is 5. The lowest BCUT2D eigenvalue weighted by molar-refractivity contribution is -0.136. The molecular formula is C22H25N5O4. The first-order chi connectivity index (χ1) is 14.9. The van der Waals surface area contributed by atoms with E-state index in [1.807, 2.05) is 0 Å². The van der Waals surface area contributed by atoms with Crippen LogP contribution in [0.25, 0.3) is 0 Å². The molecule has 4 amide bonds. The van der Waals surface area contributed by atoms with Crippen LogP contribution in [0.1, 0.15) is 30.1 Å². The Morgan fingerprint density at radius 1 is 0.968 bits per heavy atom. The van der Waals surface area contributed by atoms with Crippen LogP contribution in [-0.4, -0.2) is 53.1 Å². The van der Waals surface area contributed by atoms with Gasteiger partial charge in [0, 0.05) is 50.3 Å². The lowest BCUT2D eigenvalue weighted by atomic mass is 9.96. The Bertz CT molecular complexity index is 938. The molecule has 9 heteroatoms. The summed E-state index contributed by atoms with van der Waals surface area (Å²) in [7, 11) is 0. The number of likely N-dealkylation sites (tertiary alicyclic amines) is 1. The average molecular weight is 423 g/mol. The first-order valence-corrected chi connectivity index (χ1v) is 10.1. The number of rotatable bonds is 5. The number of nitrogens with one attached hydrogen (secondary N) is 3. The summed E-state index contributed by atoms with van der Waals surface area (Å²) in [4.78, 5) is 53.4. The van der Waals surface area contributed by atoms with Gasteiger partial charge in [0.1, 0.15) is 0 Å². The molecule has 0 aliphatic carbocycles. The molecule has 0 atom stereocenters. The van der Waals surface area contributed by atoms with Gasteiger partial charge in [-0.25, -0.2) is 0 Å². The van der Waals surface area contributed by atoms with Crippen LogP contribution >= 0.6 is 0 Å². The predicted octanol–water partition coefficient (Wildman–Crippen LogP) is 1.65. The van der Waals surface area contributed by atoms with Gasteiger partial charge in [-0.3, -0.25) is 24.2 Å². The standard InChI is InChI=1S/C22H25N5O4/c1-15(28)25-18-4-6-19(7-5-18)26-21(30)20(29)24-13-16-8-11-27(12-9-16)22(31)17-3-2-10-23-14-17/h2-7,10,14,16H,8-9,11-13H2,1H3,(H,24,29)(H,25,28)(H,26,30). The van der Waals surface area contributed by atoms with E-state index in [2.05, 4.69) is 20.9 Å². The summed E-state index contributed by atoms with van der Waals surface area (Å²) >= 11 is 0. The molecule has 0 unspecified atom stereocenters. The van der Waals surface area contributed by atoms with Gasteiger partial charge in [-0.15, -0.1) is 0 Å². The maximum atomic E-state index is 12.5. The summed E-state index contributed by atoms with van der Waals surface area (Å²) in [5.41, 5.74) is 1.62. The third kappa shape index (κ3) is 6.36. The van der Waals surface area contributed by atoms with Crippen molar-refractivity contribution in [3.63, 3.8) is 0 Å². The van der Waals surface area contributed by atoms with Gasteiger partial charge in [0.05, 0.1) is 5.56 Å². The highest BCUT2D eigenvalue weighted by Crippen LogP contribution is 2.18. The third-order valence-electron chi connectivity index (χ3n) is 5.03. The predicted molar refractivity (Wildman–Crippen MR) is 115 cm³/mol. The van der Waals surface area contributed by atoms with Crippen molar-refractivity contribution in [1.82, 2.24) is 15.2 Å². The van der Waals surface area contributed by atoms with Crippen LogP contribution < -0.4 is 16.0 Å². The lowest BCUT2D eigenvalue weighted by Gasteiger charge is -2.32. The molecule has 1 saturated heterocycles. The molecule has 2 aromatic rings. The third-order valence-corrected chi connectivity index (χ3v) is 5.03. The van der Waals surface area contributed by atoms with Gasteiger partial charge in [-0.05, 0) is 55.2 Å². The molecule has 9 nitrogen and oxygen atoms in total. The van der Waals surface area contributed by atoms with Gasteiger partial charge in [-0.1, -0.05) is 0 Å². The molecular weight excluding hydrogens is 398 g/mol. The van der Waals surface area contributed by atoms with E-state index in [4.69, 9.17) is 0 Å². The second-order valence-electron chi connectivity index (χ2n) is 7.40. The lowest BCUT2D eigenvalue weighted by Crippen LogP contribution is -2.43. The molecule has 1 aromatic carbocycles. The minimum atomic E-state index is -0.753. The second-order valence-corrected chi connectivity index (χ2v) is 7.40. The van der Waals surface area contributed by atoms with E-state index < -0.39 is 11.8 Å². The molecule has 3 rings (SSSR count). The zero-order valence-corrected chi connectivity index (χ0v) is 17.3. The Labute approximate surface area is 180 Å². The van der Waals surface area contributed by atoms with Crippen LogP contribution in [0, 0.1) is 5.92 Å². The molecule has 1 fully saturated rings. The van der Waals surface area contributed by atoms with Crippen molar-refractivity contribution in [3.8, 4) is 0 Å². The van der Waals surface area contributed by atoms with Crippen molar-refractivity contribution < 1.29 is 19.2 Å². The van der Waals surface area contributed by atoms with Crippen molar-refractivity contribution in [2.75, 3.05) is 30.3 Å². The maximum absolute atomic E-state index is 12.5. The van der Waals surface area contributed by atoms with Crippen molar-refractivity contribution in [1.29, 1.82) is 0 Å². The number of carbonyl (C=O) groups excluding carboxylic acids is 4. The van der Waals surface area contributed by atoms with Crippen molar-refractivity contribution in [2.24, 2.45) is 5.92 Å². The fourth-order valence-electron chi connectivity index (χ4n) is 3.36. The molecule has 0 spiro atoms. The van der Waals surface area contributed by atoms with E-state index in [0.717, 1.165) is 12.8 Å². The van der Waals surface area contributed by atoms with Crippen molar-refractivity contribution in [3.05, 3.63) is 54.4 Å². The first kappa shape index (κ1) is 21.9. The van der Waals surface area contributed by atoms with Crippen LogP contribution in [0.15, 0.2) is 48.8 Å². The molecule has 1 aliphatic heterocycles. The van der Waals surface area contributed by atoms with E-state index >= 15 is 0 Å². The smallest absolute Gasteiger partial charge is 0.313 e. The fraction of sp³-hybridized carbons (Fsp3) is 0.318. The molecule has 1 aliphatic rings. The number of nitrogens with zero attached hydrogens (tertiary/aromatic N) is 2. The first-order valence-electron chi connectivity index (χ1n) is 10.1. The summed E-state index contributed by atoms with van der Waals surface area (Å²) in [6.07, 6.45) is 4.68. The molecule has 0 radical (unpaired) electrons. The van der Waals surface area contributed by atoms with Crippen LogP contribution in [0.5, 0.6) is 0 Å². The van der Waals surface area contributed by atoms with Gasteiger partial charge in [0.25, 0.3) is 5.91 Å². The Hall–Kier alpha value is -3.75. The fourth-order valence-corrected chi connectivity index (χ4v) is 3.36.